The molecule has 0 fully saturated rings. The second kappa shape index (κ2) is 8.30. The van der Waals surface area contributed by atoms with E-state index < -0.39 is 0 Å². The molecule has 0 aliphatic heterocycles. The van der Waals surface area contributed by atoms with Gasteiger partial charge in [0.25, 0.3) is 0 Å². The summed E-state index contributed by atoms with van der Waals surface area (Å²) in [4.78, 5) is 9.15. The van der Waals surface area contributed by atoms with Crippen LogP contribution < -0.4 is 0 Å². The molecule has 8 nitrogen and oxygen atoms in total. The molecule has 0 atom stereocenters. The van der Waals surface area contributed by atoms with Gasteiger partial charge in [0.2, 0.25) is 5.82 Å². The molecule has 148 valence electrons. The third kappa shape index (κ3) is 4.06. The monoisotopic (exact) mass is 388 g/mol. The first kappa shape index (κ1) is 18.9. The van der Waals surface area contributed by atoms with Crippen molar-refractivity contribution >= 4 is 0 Å². The number of aromatic amines is 1. The molecule has 1 N–H and O–H groups in total. The standard InChI is InChI=1S/C21H24N8/c1-4-6-18-23-20(14(2)3)26-29(18)13-15-8-10-16(11-9-15)17-7-5-12-22-19(17)21-24-27-28-25-21/h5,7-12,14H,4,6,13H2,1-3H3,(H,24,25,27,28). The summed E-state index contributed by atoms with van der Waals surface area (Å²) in [6.45, 7) is 7.12. The predicted molar refractivity (Wildman–Crippen MR) is 110 cm³/mol. The topological polar surface area (TPSA) is 98.1 Å². The zero-order chi connectivity index (χ0) is 20.2. The Bertz CT molecular complexity index is 1060. The molecule has 4 aromatic rings. The fourth-order valence-corrected chi connectivity index (χ4v) is 3.21. The van der Waals surface area contributed by atoms with Crippen molar-refractivity contribution in [3.05, 3.63) is 59.8 Å². The summed E-state index contributed by atoms with van der Waals surface area (Å²) in [5.41, 5.74) is 3.90. The molecular weight excluding hydrogens is 364 g/mol. The van der Waals surface area contributed by atoms with Crippen LogP contribution in [0.3, 0.4) is 0 Å². The van der Waals surface area contributed by atoms with Crippen LogP contribution in [0, 0.1) is 0 Å². The van der Waals surface area contributed by atoms with E-state index >= 15 is 0 Å². The minimum absolute atomic E-state index is 0.323. The number of benzene rings is 1. The lowest BCUT2D eigenvalue weighted by atomic mass is 10.0. The van der Waals surface area contributed by atoms with Gasteiger partial charge in [-0.05, 0) is 28.8 Å². The van der Waals surface area contributed by atoms with Gasteiger partial charge in [0.1, 0.15) is 11.5 Å². The number of hydrogen-bond donors (Lipinski definition) is 1. The molecule has 0 bridgehead atoms. The second-order valence-electron chi connectivity index (χ2n) is 7.28. The molecule has 3 heterocycles. The molecular formula is C21H24N8. The van der Waals surface area contributed by atoms with Crippen molar-refractivity contribution < 1.29 is 0 Å². The molecule has 1 aromatic carbocycles. The van der Waals surface area contributed by atoms with Crippen LogP contribution in [-0.4, -0.2) is 40.4 Å². The van der Waals surface area contributed by atoms with Crippen molar-refractivity contribution in [2.75, 3.05) is 0 Å². The van der Waals surface area contributed by atoms with E-state index in [1.54, 1.807) is 6.20 Å². The largest absolute Gasteiger partial charge is 0.252 e. The van der Waals surface area contributed by atoms with Gasteiger partial charge in [-0.25, -0.2) is 9.67 Å². The van der Waals surface area contributed by atoms with Crippen molar-refractivity contribution in [2.45, 2.75) is 46.1 Å². The van der Waals surface area contributed by atoms with Crippen LogP contribution in [0.15, 0.2) is 42.6 Å². The molecule has 0 amide bonds. The van der Waals surface area contributed by atoms with E-state index in [0.29, 0.717) is 24.0 Å². The summed E-state index contributed by atoms with van der Waals surface area (Å²) >= 11 is 0. The number of hydrogen-bond acceptors (Lipinski definition) is 6. The summed E-state index contributed by atoms with van der Waals surface area (Å²) in [6.07, 6.45) is 3.71. The Morgan fingerprint density at radius 1 is 1.10 bits per heavy atom. The molecule has 4 rings (SSSR count). The van der Waals surface area contributed by atoms with Crippen LogP contribution in [0.2, 0.25) is 0 Å². The summed E-state index contributed by atoms with van der Waals surface area (Å²) in [5.74, 6) is 2.76. The minimum atomic E-state index is 0.323. The van der Waals surface area contributed by atoms with Gasteiger partial charge < -0.3 is 0 Å². The molecule has 3 aromatic heterocycles. The summed E-state index contributed by atoms with van der Waals surface area (Å²) in [5, 5.41) is 19.0. The van der Waals surface area contributed by atoms with Crippen LogP contribution in [0.1, 0.15) is 50.3 Å². The highest BCUT2D eigenvalue weighted by Crippen LogP contribution is 2.28. The van der Waals surface area contributed by atoms with Gasteiger partial charge in [0.05, 0.1) is 6.54 Å². The van der Waals surface area contributed by atoms with E-state index in [1.165, 1.54) is 5.56 Å². The van der Waals surface area contributed by atoms with Gasteiger partial charge in [0.15, 0.2) is 5.82 Å². The Balaban J connectivity index is 1.60. The van der Waals surface area contributed by atoms with E-state index in [4.69, 9.17) is 10.1 Å². The maximum Gasteiger partial charge on any atom is 0.223 e. The van der Waals surface area contributed by atoms with Crippen molar-refractivity contribution in [2.24, 2.45) is 0 Å². The summed E-state index contributed by atoms with van der Waals surface area (Å²) < 4.78 is 2.03. The number of nitrogens with zero attached hydrogens (tertiary/aromatic N) is 7. The van der Waals surface area contributed by atoms with Gasteiger partial charge in [0, 0.05) is 24.1 Å². The van der Waals surface area contributed by atoms with E-state index in [-0.39, 0.29) is 0 Å². The van der Waals surface area contributed by atoms with Crippen molar-refractivity contribution in [3.8, 4) is 22.6 Å². The average Bonchev–Trinajstić information content (AvgIpc) is 3.40. The molecule has 0 radical (unpaired) electrons. The normalized spacial score (nSPS) is 11.3. The quantitative estimate of drug-likeness (QED) is 0.519. The van der Waals surface area contributed by atoms with E-state index in [9.17, 15) is 0 Å². The Kier molecular flexibility index (Phi) is 5.41. The number of nitrogens with one attached hydrogen (secondary N) is 1. The Labute approximate surface area is 169 Å². The molecule has 0 aliphatic carbocycles. The maximum atomic E-state index is 4.72. The molecule has 0 unspecified atom stereocenters. The smallest absolute Gasteiger partial charge is 0.223 e. The summed E-state index contributed by atoms with van der Waals surface area (Å²) in [6, 6.07) is 12.3. The average molecular weight is 388 g/mol. The van der Waals surface area contributed by atoms with Crippen LogP contribution in [0.5, 0.6) is 0 Å². The number of H-pyrrole nitrogens is 1. The molecule has 29 heavy (non-hydrogen) atoms. The van der Waals surface area contributed by atoms with Crippen molar-refractivity contribution in [1.82, 2.24) is 40.4 Å². The number of aryl methyl sites for hydroxylation is 1. The van der Waals surface area contributed by atoms with Gasteiger partial charge in [-0.2, -0.15) is 10.3 Å². The van der Waals surface area contributed by atoms with Gasteiger partial charge in [-0.15, -0.1) is 10.2 Å². The fourth-order valence-electron chi connectivity index (χ4n) is 3.21. The number of tetrazole rings is 1. The fraction of sp³-hybridized carbons (Fsp3) is 0.333. The lowest BCUT2D eigenvalue weighted by molar-refractivity contribution is 0.619. The molecule has 0 spiro atoms. The molecule has 0 saturated heterocycles. The van der Waals surface area contributed by atoms with Crippen molar-refractivity contribution in [1.29, 1.82) is 0 Å². The van der Waals surface area contributed by atoms with Gasteiger partial charge in [-0.1, -0.05) is 51.1 Å². The van der Waals surface area contributed by atoms with E-state index in [0.717, 1.165) is 35.6 Å². The van der Waals surface area contributed by atoms with Crippen molar-refractivity contribution in [3.63, 3.8) is 0 Å². The number of aromatic nitrogens is 8. The SMILES string of the molecule is CCCc1nc(C(C)C)nn1Cc1ccc(-c2cccnc2-c2nn[nH]n2)cc1. The number of pyridine rings is 1. The first-order valence-electron chi connectivity index (χ1n) is 9.87. The second-order valence-corrected chi connectivity index (χ2v) is 7.28. The number of rotatable bonds is 7. The molecule has 8 heteroatoms. The molecule has 0 saturated carbocycles. The Morgan fingerprint density at radius 3 is 2.62 bits per heavy atom. The lowest BCUT2D eigenvalue weighted by Crippen LogP contribution is -2.07. The van der Waals surface area contributed by atoms with Gasteiger partial charge in [-0.3, -0.25) is 4.98 Å². The zero-order valence-corrected chi connectivity index (χ0v) is 16.9. The molecule has 0 aliphatic rings. The lowest BCUT2D eigenvalue weighted by Gasteiger charge is -2.09. The first-order chi connectivity index (χ1) is 14.2. The Morgan fingerprint density at radius 2 is 1.93 bits per heavy atom. The highest BCUT2D eigenvalue weighted by molar-refractivity contribution is 5.77. The third-order valence-electron chi connectivity index (χ3n) is 4.72. The van der Waals surface area contributed by atoms with E-state index in [2.05, 4.69) is 70.6 Å². The van der Waals surface area contributed by atoms with Crippen LogP contribution >= 0.6 is 0 Å². The predicted octanol–water partition coefficient (Wildman–Crippen LogP) is 3.64. The highest BCUT2D eigenvalue weighted by Gasteiger charge is 2.14. The van der Waals surface area contributed by atoms with Crippen LogP contribution in [-0.2, 0) is 13.0 Å². The highest BCUT2D eigenvalue weighted by atomic mass is 15.5. The summed E-state index contributed by atoms with van der Waals surface area (Å²) in [7, 11) is 0. The van der Waals surface area contributed by atoms with Crippen LogP contribution in [0.25, 0.3) is 22.6 Å². The van der Waals surface area contributed by atoms with Gasteiger partial charge >= 0.3 is 0 Å². The van der Waals surface area contributed by atoms with Crippen LogP contribution in [0.4, 0.5) is 0 Å². The maximum absolute atomic E-state index is 4.72. The first-order valence-corrected chi connectivity index (χ1v) is 9.87. The zero-order valence-electron chi connectivity index (χ0n) is 16.9. The Hall–Kier alpha value is -3.42. The van der Waals surface area contributed by atoms with E-state index in [1.807, 2.05) is 16.8 Å². The minimum Gasteiger partial charge on any atom is -0.252 e. The third-order valence-corrected chi connectivity index (χ3v) is 4.72.